The number of alkyl carbamates (subject to hydrolysis) is 1. The molecule has 0 aliphatic carbocycles. The number of carbonyl (C=O) groups excluding carboxylic acids is 2. The number of nitrogens with one attached hydrogen (secondary N) is 1. The summed E-state index contributed by atoms with van der Waals surface area (Å²) in [5.74, 6) is 0.414. The maximum Gasteiger partial charge on any atom is 0.407 e. The van der Waals surface area contributed by atoms with Crippen LogP contribution in [-0.4, -0.2) is 50.3 Å². The van der Waals surface area contributed by atoms with E-state index in [0.717, 1.165) is 13.0 Å². The fourth-order valence-electron chi connectivity index (χ4n) is 2.45. The number of rotatable bonds is 4. The van der Waals surface area contributed by atoms with Crippen LogP contribution in [-0.2, 0) is 9.47 Å². The topological polar surface area (TPSA) is 81.0 Å². The molecule has 7 heteroatoms. The van der Waals surface area contributed by atoms with E-state index in [4.69, 9.17) is 4.42 Å². The van der Waals surface area contributed by atoms with Gasteiger partial charge in [-0.05, 0) is 25.5 Å². The Labute approximate surface area is 123 Å². The SMILES string of the molecule is COC(=O)NC1CCN(C(C)c2ccc(C(=O)OC)o2)C1. The Hall–Kier alpha value is -2.02. The fourth-order valence-corrected chi connectivity index (χ4v) is 2.45. The molecule has 1 aliphatic rings. The number of likely N-dealkylation sites (tertiary alicyclic amines) is 1. The van der Waals surface area contributed by atoms with Crippen LogP contribution in [0, 0.1) is 0 Å². The molecule has 116 valence electrons. The number of nitrogens with zero attached hydrogens (tertiary/aromatic N) is 1. The van der Waals surface area contributed by atoms with Gasteiger partial charge < -0.3 is 19.2 Å². The highest BCUT2D eigenvalue weighted by Crippen LogP contribution is 2.26. The first-order valence-corrected chi connectivity index (χ1v) is 6.81. The molecule has 1 N–H and O–H groups in total. The normalized spacial score (nSPS) is 20.0. The first-order valence-electron chi connectivity index (χ1n) is 6.81. The van der Waals surface area contributed by atoms with E-state index in [2.05, 4.69) is 19.7 Å². The standard InChI is InChI=1S/C14H20N2O5/c1-9(11-4-5-12(21-11)13(17)19-2)16-7-6-10(8-16)15-14(18)20-3/h4-5,9-10H,6-8H2,1-3H3,(H,15,18). The van der Waals surface area contributed by atoms with Gasteiger partial charge in [0.25, 0.3) is 0 Å². The van der Waals surface area contributed by atoms with E-state index in [0.29, 0.717) is 12.3 Å². The van der Waals surface area contributed by atoms with Gasteiger partial charge in [0, 0.05) is 19.1 Å². The molecule has 1 aromatic heterocycles. The third-order valence-electron chi connectivity index (χ3n) is 3.70. The van der Waals surface area contributed by atoms with Crippen molar-refractivity contribution in [1.29, 1.82) is 0 Å². The molecule has 0 radical (unpaired) electrons. The van der Waals surface area contributed by atoms with Crippen LogP contribution in [0.3, 0.4) is 0 Å². The fraction of sp³-hybridized carbons (Fsp3) is 0.571. The van der Waals surface area contributed by atoms with Crippen molar-refractivity contribution < 1.29 is 23.5 Å². The van der Waals surface area contributed by atoms with Gasteiger partial charge in [0.05, 0.1) is 20.3 Å². The predicted molar refractivity (Wildman–Crippen MR) is 74.0 cm³/mol. The van der Waals surface area contributed by atoms with Crippen LogP contribution in [0.2, 0.25) is 0 Å². The molecule has 1 saturated heterocycles. The Morgan fingerprint density at radius 2 is 2.14 bits per heavy atom. The Morgan fingerprint density at radius 1 is 1.38 bits per heavy atom. The number of furan rings is 1. The first-order chi connectivity index (χ1) is 10.0. The van der Waals surface area contributed by atoms with Crippen molar-refractivity contribution in [2.24, 2.45) is 0 Å². The van der Waals surface area contributed by atoms with Crippen LogP contribution in [0.4, 0.5) is 4.79 Å². The second kappa shape index (κ2) is 6.62. The number of carbonyl (C=O) groups is 2. The molecule has 2 atom stereocenters. The zero-order chi connectivity index (χ0) is 15.4. The number of hydrogen-bond acceptors (Lipinski definition) is 6. The number of methoxy groups -OCH3 is 2. The lowest BCUT2D eigenvalue weighted by atomic mass is 10.2. The van der Waals surface area contributed by atoms with E-state index in [-0.39, 0.29) is 17.8 Å². The van der Waals surface area contributed by atoms with Gasteiger partial charge in [-0.2, -0.15) is 0 Å². The maximum atomic E-state index is 11.4. The molecule has 2 rings (SSSR count). The third-order valence-corrected chi connectivity index (χ3v) is 3.70. The molecule has 7 nitrogen and oxygen atoms in total. The summed E-state index contributed by atoms with van der Waals surface area (Å²) in [6.45, 7) is 3.55. The van der Waals surface area contributed by atoms with Crippen LogP contribution in [0.15, 0.2) is 16.5 Å². The van der Waals surface area contributed by atoms with Gasteiger partial charge in [0.1, 0.15) is 5.76 Å². The highest BCUT2D eigenvalue weighted by molar-refractivity contribution is 5.86. The largest absolute Gasteiger partial charge is 0.463 e. The van der Waals surface area contributed by atoms with Crippen LogP contribution in [0.25, 0.3) is 0 Å². The molecule has 2 heterocycles. The number of amides is 1. The van der Waals surface area contributed by atoms with Crippen LogP contribution < -0.4 is 5.32 Å². The molecule has 0 saturated carbocycles. The zero-order valence-electron chi connectivity index (χ0n) is 12.4. The minimum Gasteiger partial charge on any atom is -0.463 e. The Bertz CT molecular complexity index is 513. The van der Waals surface area contributed by atoms with Crippen LogP contribution in [0.1, 0.15) is 35.7 Å². The smallest absolute Gasteiger partial charge is 0.407 e. The summed E-state index contributed by atoms with van der Waals surface area (Å²) in [5.41, 5.74) is 0. The summed E-state index contributed by atoms with van der Waals surface area (Å²) in [7, 11) is 2.67. The van der Waals surface area contributed by atoms with E-state index in [1.54, 1.807) is 12.1 Å². The highest BCUT2D eigenvalue weighted by atomic mass is 16.5. The molecule has 2 unspecified atom stereocenters. The monoisotopic (exact) mass is 296 g/mol. The number of ether oxygens (including phenoxy) is 2. The van der Waals surface area contributed by atoms with Crippen molar-refractivity contribution in [3.8, 4) is 0 Å². The molecule has 1 aliphatic heterocycles. The van der Waals surface area contributed by atoms with Crippen LogP contribution >= 0.6 is 0 Å². The van der Waals surface area contributed by atoms with E-state index in [1.807, 2.05) is 6.92 Å². The van der Waals surface area contributed by atoms with E-state index in [9.17, 15) is 9.59 Å². The van der Waals surface area contributed by atoms with Crippen molar-refractivity contribution in [2.75, 3.05) is 27.3 Å². The van der Waals surface area contributed by atoms with Gasteiger partial charge in [-0.3, -0.25) is 4.90 Å². The van der Waals surface area contributed by atoms with Gasteiger partial charge in [-0.25, -0.2) is 9.59 Å². The highest BCUT2D eigenvalue weighted by Gasteiger charge is 2.29. The molecule has 1 aromatic rings. The molecule has 21 heavy (non-hydrogen) atoms. The second-order valence-corrected chi connectivity index (χ2v) is 4.99. The zero-order valence-corrected chi connectivity index (χ0v) is 12.4. The maximum absolute atomic E-state index is 11.4. The molecule has 0 bridgehead atoms. The first kappa shape index (κ1) is 15.4. The van der Waals surface area contributed by atoms with Gasteiger partial charge in [-0.15, -0.1) is 0 Å². The lowest BCUT2D eigenvalue weighted by Gasteiger charge is -2.22. The van der Waals surface area contributed by atoms with Gasteiger partial charge >= 0.3 is 12.1 Å². The van der Waals surface area contributed by atoms with Gasteiger partial charge in [-0.1, -0.05) is 0 Å². The van der Waals surface area contributed by atoms with E-state index < -0.39 is 12.1 Å². The Kier molecular flexibility index (Phi) is 4.85. The average molecular weight is 296 g/mol. The Morgan fingerprint density at radius 3 is 2.81 bits per heavy atom. The molecule has 1 amide bonds. The van der Waals surface area contributed by atoms with Crippen molar-refractivity contribution in [3.63, 3.8) is 0 Å². The van der Waals surface area contributed by atoms with Crippen molar-refractivity contribution in [2.45, 2.75) is 25.4 Å². The number of esters is 1. The lowest BCUT2D eigenvalue weighted by Crippen LogP contribution is -2.37. The summed E-state index contributed by atoms with van der Waals surface area (Å²) in [5, 5.41) is 2.79. The summed E-state index contributed by atoms with van der Waals surface area (Å²) >= 11 is 0. The molecule has 0 spiro atoms. The van der Waals surface area contributed by atoms with E-state index >= 15 is 0 Å². The van der Waals surface area contributed by atoms with Crippen LogP contribution in [0.5, 0.6) is 0 Å². The molecular weight excluding hydrogens is 276 g/mol. The molecule has 0 aromatic carbocycles. The Balaban J connectivity index is 1.95. The van der Waals surface area contributed by atoms with Gasteiger partial charge in [0.15, 0.2) is 0 Å². The van der Waals surface area contributed by atoms with Crippen molar-refractivity contribution in [3.05, 3.63) is 23.7 Å². The average Bonchev–Trinajstić information content (AvgIpc) is 3.14. The quantitative estimate of drug-likeness (QED) is 0.849. The summed E-state index contributed by atoms with van der Waals surface area (Å²) in [4.78, 5) is 24.8. The minimum absolute atomic E-state index is 0.0212. The summed E-state index contributed by atoms with van der Waals surface area (Å²) < 4.78 is 14.7. The number of hydrogen-bond donors (Lipinski definition) is 1. The third kappa shape index (κ3) is 3.55. The second-order valence-electron chi connectivity index (χ2n) is 4.99. The minimum atomic E-state index is -0.486. The van der Waals surface area contributed by atoms with Crippen molar-refractivity contribution >= 4 is 12.1 Å². The summed E-state index contributed by atoms with van der Waals surface area (Å²) in [6.07, 6.45) is 0.435. The lowest BCUT2D eigenvalue weighted by molar-refractivity contribution is 0.0559. The predicted octanol–water partition coefficient (Wildman–Crippen LogP) is 1.56. The molecular formula is C14H20N2O5. The van der Waals surface area contributed by atoms with Crippen molar-refractivity contribution in [1.82, 2.24) is 10.2 Å². The molecule has 1 fully saturated rings. The van der Waals surface area contributed by atoms with Gasteiger partial charge in [0.2, 0.25) is 5.76 Å². The van der Waals surface area contributed by atoms with E-state index in [1.165, 1.54) is 14.2 Å². The summed E-state index contributed by atoms with van der Waals surface area (Å²) in [6, 6.07) is 3.47.